The molecule has 122 valence electrons. The molecular formula is C18H23N3OS. The van der Waals surface area contributed by atoms with Crippen LogP contribution in [-0.2, 0) is 6.42 Å². The average molecular weight is 329 g/mol. The largest absolute Gasteiger partial charge is 0.493 e. The fraction of sp³-hybridized carbons (Fsp3) is 0.389. The van der Waals surface area contributed by atoms with Crippen molar-refractivity contribution in [1.29, 1.82) is 0 Å². The van der Waals surface area contributed by atoms with Gasteiger partial charge in [-0.05, 0) is 29.9 Å². The van der Waals surface area contributed by atoms with Crippen molar-refractivity contribution in [3.63, 3.8) is 0 Å². The Labute approximate surface area is 141 Å². The number of fused-ring (bicyclic) bond motifs is 1. The van der Waals surface area contributed by atoms with Gasteiger partial charge in [0.25, 0.3) is 0 Å². The number of ether oxygens (including phenoxy) is 1. The van der Waals surface area contributed by atoms with Crippen molar-refractivity contribution in [3.05, 3.63) is 52.2 Å². The van der Waals surface area contributed by atoms with E-state index in [1.54, 1.807) is 11.3 Å². The third-order valence-corrected chi connectivity index (χ3v) is 4.88. The lowest BCUT2D eigenvalue weighted by Gasteiger charge is -2.27. The standard InChI is InChI=1S/C18H23N3OS/c1-13(11-14-5-4-10-23-14)12-20-18(19)21-16-8-9-22-17-7-3-2-6-15(16)17/h2-7,10,13,16H,8-9,11-12H2,1H3,(H3,19,20,21). The minimum absolute atomic E-state index is 0.177. The second kappa shape index (κ2) is 7.51. The van der Waals surface area contributed by atoms with Crippen molar-refractivity contribution < 1.29 is 4.74 Å². The summed E-state index contributed by atoms with van der Waals surface area (Å²) in [5.74, 6) is 1.94. The molecule has 0 fully saturated rings. The Morgan fingerprint density at radius 3 is 3.09 bits per heavy atom. The molecule has 2 unspecified atom stereocenters. The molecule has 0 spiro atoms. The number of guanidine groups is 1. The van der Waals surface area contributed by atoms with Crippen molar-refractivity contribution >= 4 is 17.3 Å². The highest BCUT2D eigenvalue weighted by Crippen LogP contribution is 2.31. The molecule has 2 heterocycles. The minimum atomic E-state index is 0.177. The molecule has 1 aliphatic rings. The summed E-state index contributed by atoms with van der Waals surface area (Å²) in [4.78, 5) is 5.92. The number of nitrogens with one attached hydrogen (secondary N) is 1. The monoisotopic (exact) mass is 329 g/mol. The van der Waals surface area contributed by atoms with Crippen molar-refractivity contribution in [3.8, 4) is 5.75 Å². The topological polar surface area (TPSA) is 59.6 Å². The number of hydrogen-bond acceptors (Lipinski definition) is 3. The molecule has 0 saturated carbocycles. The van der Waals surface area contributed by atoms with Crippen LogP contribution in [0.15, 0.2) is 46.8 Å². The lowest BCUT2D eigenvalue weighted by Crippen LogP contribution is -2.37. The van der Waals surface area contributed by atoms with E-state index in [1.807, 2.05) is 18.2 Å². The zero-order chi connectivity index (χ0) is 16.1. The summed E-state index contributed by atoms with van der Waals surface area (Å²) in [5, 5.41) is 5.45. The Balaban J connectivity index is 1.55. The number of nitrogens with two attached hydrogens (primary N) is 1. The fourth-order valence-corrected chi connectivity index (χ4v) is 3.68. The van der Waals surface area contributed by atoms with Crippen molar-refractivity contribution in [1.82, 2.24) is 5.32 Å². The third-order valence-electron chi connectivity index (χ3n) is 3.98. The number of rotatable bonds is 5. The van der Waals surface area contributed by atoms with Gasteiger partial charge >= 0.3 is 0 Å². The molecule has 0 bridgehead atoms. The molecule has 2 atom stereocenters. The second-order valence-electron chi connectivity index (χ2n) is 5.99. The molecule has 1 aromatic heterocycles. The van der Waals surface area contributed by atoms with Gasteiger partial charge in [-0.25, -0.2) is 0 Å². The number of hydrogen-bond donors (Lipinski definition) is 2. The van der Waals surface area contributed by atoms with E-state index < -0.39 is 0 Å². The summed E-state index contributed by atoms with van der Waals surface area (Å²) in [6, 6.07) is 12.5. The van der Waals surface area contributed by atoms with E-state index in [1.165, 1.54) is 4.88 Å². The molecule has 23 heavy (non-hydrogen) atoms. The van der Waals surface area contributed by atoms with Crippen LogP contribution in [0.4, 0.5) is 0 Å². The van der Waals surface area contributed by atoms with E-state index >= 15 is 0 Å². The van der Waals surface area contributed by atoms with Crippen LogP contribution in [0, 0.1) is 5.92 Å². The van der Waals surface area contributed by atoms with E-state index in [2.05, 4.69) is 40.8 Å². The molecular weight excluding hydrogens is 306 g/mol. The molecule has 0 amide bonds. The Morgan fingerprint density at radius 1 is 1.39 bits per heavy atom. The van der Waals surface area contributed by atoms with Gasteiger partial charge in [-0.3, -0.25) is 4.99 Å². The molecule has 0 radical (unpaired) electrons. The van der Waals surface area contributed by atoms with Crippen LogP contribution in [0.25, 0.3) is 0 Å². The van der Waals surface area contributed by atoms with Crippen LogP contribution in [0.3, 0.4) is 0 Å². The van der Waals surface area contributed by atoms with Gasteiger partial charge in [0.1, 0.15) is 5.75 Å². The maximum atomic E-state index is 6.08. The Morgan fingerprint density at radius 2 is 2.26 bits per heavy atom. The van der Waals surface area contributed by atoms with E-state index in [4.69, 9.17) is 10.5 Å². The highest BCUT2D eigenvalue weighted by atomic mass is 32.1. The molecule has 1 aliphatic heterocycles. The normalized spacial score (nSPS) is 18.8. The zero-order valence-electron chi connectivity index (χ0n) is 13.4. The molecule has 0 aliphatic carbocycles. The van der Waals surface area contributed by atoms with Gasteiger partial charge < -0.3 is 15.8 Å². The number of para-hydroxylation sites is 1. The quantitative estimate of drug-likeness (QED) is 0.653. The first kappa shape index (κ1) is 15.9. The van der Waals surface area contributed by atoms with Crippen LogP contribution in [-0.4, -0.2) is 19.1 Å². The lowest BCUT2D eigenvalue weighted by molar-refractivity contribution is 0.262. The van der Waals surface area contributed by atoms with Gasteiger partial charge in [0.2, 0.25) is 0 Å². The second-order valence-corrected chi connectivity index (χ2v) is 7.02. The molecule has 4 nitrogen and oxygen atoms in total. The van der Waals surface area contributed by atoms with E-state index in [-0.39, 0.29) is 6.04 Å². The molecule has 0 saturated heterocycles. The number of benzene rings is 1. The first-order chi connectivity index (χ1) is 11.2. The summed E-state index contributed by atoms with van der Waals surface area (Å²) in [7, 11) is 0. The minimum Gasteiger partial charge on any atom is -0.493 e. The molecule has 2 aromatic rings. The number of thiophene rings is 1. The van der Waals surface area contributed by atoms with Gasteiger partial charge in [0, 0.05) is 23.4 Å². The van der Waals surface area contributed by atoms with Crippen molar-refractivity contribution in [2.24, 2.45) is 16.6 Å². The Hall–Kier alpha value is -2.01. The Kier molecular flexibility index (Phi) is 5.18. The van der Waals surface area contributed by atoms with Crippen molar-refractivity contribution in [2.45, 2.75) is 25.8 Å². The van der Waals surface area contributed by atoms with Crippen LogP contribution >= 0.6 is 11.3 Å². The SMILES string of the molecule is CC(CN=C(N)NC1CCOc2ccccc21)Cc1cccs1. The first-order valence-corrected chi connectivity index (χ1v) is 8.91. The Bertz CT molecular complexity index is 654. The molecule has 3 N–H and O–H groups in total. The highest BCUT2D eigenvalue weighted by molar-refractivity contribution is 7.09. The smallest absolute Gasteiger partial charge is 0.189 e. The van der Waals surface area contributed by atoms with Gasteiger partial charge in [-0.2, -0.15) is 0 Å². The lowest BCUT2D eigenvalue weighted by atomic mass is 10.0. The van der Waals surface area contributed by atoms with Gasteiger partial charge in [0.05, 0.1) is 12.6 Å². The van der Waals surface area contributed by atoms with Gasteiger partial charge in [-0.1, -0.05) is 31.2 Å². The van der Waals surface area contributed by atoms with Crippen LogP contribution in [0.1, 0.15) is 29.8 Å². The predicted octanol–water partition coefficient (Wildman–Crippen LogP) is 3.35. The number of aliphatic imine (C=N–C) groups is 1. The summed E-state index contributed by atoms with van der Waals surface area (Å²) < 4.78 is 5.67. The van der Waals surface area contributed by atoms with E-state index in [0.717, 1.165) is 30.7 Å². The van der Waals surface area contributed by atoms with Gasteiger partial charge in [0.15, 0.2) is 5.96 Å². The summed E-state index contributed by atoms with van der Waals surface area (Å²) in [6.07, 6.45) is 1.95. The molecule has 5 heteroatoms. The third kappa shape index (κ3) is 4.26. The predicted molar refractivity (Wildman–Crippen MR) is 96.1 cm³/mol. The summed E-state index contributed by atoms with van der Waals surface area (Å²) >= 11 is 1.80. The highest BCUT2D eigenvalue weighted by Gasteiger charge is 2.21. The fourth-order valence-electron chi connectivity index (χ4n) is 2.81. The first-order valence-electron chi connectivity index (χ1n) is 8.03. The molecule has 1 aromatic carbocycles. The summed E-state index contributed by atoms with van der Waals surface area (Å²) in [6.45, 7) is 3.65. The summed E-state index contributed by atoms with van der Waals surface area (Å²) in [5.41, 5.74) is 7.24. The van der Waals surface area contributed by atoms with Crippen molar-refractivity contribution in [2.75, 3.05) is 13.2 Å². The van der Waals surface area contributed by atoms with E-state index in [0.29, 0.717) is 18.5 Å². The number of nitrogens with zero attached hydrogens (tertiary/aromatic N) is 1. The van der Waals surface area contributed by atoms with E-state index in [9.17, 15) is 0 Å². The average Bonchev–Trinajstić information content (AvgIpc) is 3.06. The zero-order valence-corrected chi connectivity index (χ0v) is 14.2. The maximum Gasteiger partial charge on any atom is 0.189 e. The van der Waals surface area contributed by atoms with Crippen LogP contribution in [0.2, 0.25) is 0 Å². The maximum absolute atomic E-state index is 6.08. The molecule has 3 rings (SSSR count). The van der Waals surface area contributed by atoms with Gasteiger partial charge in [-0.15, -0.1) is 11.3 Å². The van der Waals surface area contributed by atoms with Crippen LogP contribution < -0.4 is 15.8 Å². The van der Waals surface area contributed by atoms with Crippen LogP contribution in [0.5, 0.6) is 5.75 Å².